The summed E-state index contributed by atoms with van der Waals surface area (Å²) in [5.74, 6) is 0.216. The molecule has 2 saturated heterocycles. The summed E-state index contributed by atoms with van der Waals surface area (Å²) < 4.78 is 0. The fraction of sp³-hybridized carbons (Fsp3) is 0.409. The molecule has 0 bridgehead atoms. The lowest BCUT2D eigenvalue weighted by molar-refractivity contribution is -0.128. The van der Waals surface area contributed by atoms with Crippen molar-refractivity contribution in [2.75, 3.05) is 44.3 Å². The lowest BCUT2D eigenvalue weighted by Crippen LogP contribution is -2.45. The molecule has 5 nitrogen and oxygen atoms in total. The summed E-state index contributed by atoms with van der Waals surface area (Å²) in [6, 6.07) is 20.7. The van der Waals surface area contributed by atoms with Crippen molar-refractivity contribution in [2.24, 2.45) is 0 Å². The Morgan fingerprint density at radius 2 is 1.56 bits per heavy atom. The van der Waals surface area contributed by atoms with E-state index in [-0.39, 0.29) is 11.9 Å². The van der Waals surface area contributed by atoms with Crippen LogP contribution in [-0.4, -0.2) is 55.1 Å². The quantitative estimate of drug-likeness (QED) is 0.855. The highest BCUT2D eigenvalue weighted by molar-refractivity contribution is 5.83. The van der Waals surface area contributed by atoms with Gasteiger partial charge in [0.1, 0.15) is 0 Å². The average Bonchev–Trinajstić information content (AvgIpc) is 3.06. The van der Waals surface area contributed by atoms with E-state index < -0.39 is 0 Å². The van der Waals surface area contributed by atoms with Crippen LogP contribution in [0.2, 0.25) is 0 Å². The van der Waals surface area contributed by atoms with Crippen LogP contribution in [0.3, 0.4) is 0 Å². The third kappa shape index (κ3) is 4.15. The van der Waals surface area contributed by atoms with Crippen molar-refractivity contribution in [2.45, 2.75) is 18.9 Å². The van der Waals surface area contributed by atoms with Gasteiger partial charge in [-0.15, -0.1) is 0 Å². The third-order valence-electron chi connectivity index (χ3n) is 5.47. The van der Waals surface area contributed by atoms with Gasteiger partial charge in [-0.05, 0) is 24.1 Å². The predicted octanol–water partition coefficient (Wildman–Crippen LogP) is 2.68. The first-order chi connectivity index (χ1) is 13.3. The molecule has 2 aromatic rings. The van der Waals surface area contributed by atoms with Crippen molar-refractivity contribution in [3.05, 3.63) is 66.2 Å². The second-order valence-corrected chi connectivity index (χ2v) is 7.27. The maximum atomic E-state index is 12.9. The lowest BCUT2D eigenvalue weighted by atomic mass is 10.0. The Morgan fingerprint density at radius 1 is 0.889 bits per heavy atom. The van der Waals surface area contributed by atoms with E-state index in [1.807, 2.05) is 29.3 Å². The van der Waals surface area contributed by atoms with Crippen molar-refractivity contribution >= 4 is 11.6 Å². The molecule has 1 amide bonds. The van der Waals surface area contributed by atoms with Crippen molar-refractivity contribution < 1.29 is 4.79 Å². The standard InChI is InChI=1S/C22H28N4O/c27-22-18-21(19-8-3-1-4-9-19)26(20-10-5-2-6-11-20)25(22)15-7-14-24-16-12-23-13-17-24/h1-6,8-11,21,23H,7,12-18H2. The summed E-state index contributed by atoms with van der Waals surface area (Å²) in [6.07, 6.45) is 1.53. The Bertz CT molecular complexity index is 730. The van der Waals surface area contributed by atoms with Gasteiger partial charge in [0, 0.05) is 39.3 Å². The summed E-state index contributed by atoms with van der Waals surface area (Å²) in [6.45, 7) is 6.14. The van der Waals surface area contributed by atoms with Crippen LogP contribution in [0, 0.1) is 0 Å². The van der Waals surface area contributed by atoms with Crippen LogP contribution in [0.15, 0.2) is 60.7 Å². The Labute approximate surface area is 161 Å². The Morgan fingerprint density at radius 3 is 2.26 bits per heavy atom. The molecule has 1 unspecified atom stereocenters. The van der Waals surface area contributed by atoms with Crippen LogP contribution in [0.1, 0.15) is 24.4 Å². The summed E-state index contributed by atoms with van der Waals surface area (Å²) in [4.78, 5) is 15.4. The first-order valence-corrected chi connectivity index (χ1v) is 9.95. The predicted molar refractivity (Wildman–Crippen MR) is 108 cm³/mol. The molecule has 2 aromatic carbocycles. The van der Waals surface area contributed by atoms with Gasteiger partial charge in [-0.2, -0.15) is 0 Å². The number of hydrogen-bond donors (Lipinski definition) is 1. The zero-order valence-corrected chi connectivity index (χ0v) is 15.8. The third-order valence-corrected chi connectivity index (χ3v) is 5.47. The van der Waals surface area contributed by atoms with Crippen molar-refractivity contribution in [1.29, 1.82) is 0 Å². The molecular formula is C22H28N4O. The molecule has 2 fully saturated rings. The largest absolute Gasteiger partial charge is 0.314 e. The number of rotatable bonds is 6. The number of piperazine rings is 1. The number of hydrogen-bond acceptors (Lipinski definition) is 4. The number of benzene rings is 2. The normalized spacial score (nSPS) is 21.0. The van der Waals surface area contributed by atoms with E-state index in [4.69, 9.17) is 0 Å². The zero-order chi connectivity index (χ0) is 18.5. The Hall–Kier alpha value is -2.37. The maximum absolute atomic E-state index is 12.9. The van der Waals surface area contributed by atoms with Crippen molar-refractivity contribution in [1.82, 2.24) is 15.2 Å². The molecule has 2 heterocycles. The van der Waals surface area contributed by atoms with Crippen LogP contribution < -0.4 is 10.3 Å². The molecule has 0 aliphatic carbocycles. The molecule has 1 atom stereocenters. The van der Waals surface area contributed by atoms with Crippen LogP contribution in [0.4, 0.5) is 5.69 Å². The number of carbonyl (C=O) groups excluding carboxylic acids is 1. The van der Waals surface area contributed by atoms with Gasteiger partial charge >= 0.3 is 0 Å². The second-order valence-electron chi connectivity index (χ2n) is 7.27. The fourth-order valence-electron chi connectivity index (χ4n) is 4.09. The molecular weight excluding hydrogens is 336 g/mol. The molecule has 0 radical (unpaired) electrons. The molecule has 1 N–H and O–H groups in total. The molecule has 0 saturated carbocycles. The van der Waals surface area contributed by atoms with E-state index in [0.29, 0.717) is 6.42 Å². The second kappa shape index (κ2) is 8.55. The molecule has 0 spiro atoms. The monoisotopic (exact) mass is 364 g/mol. The van der Waals surface area contributed by atoms with E-state index >= 15 is 0 Å². The van der Waals surface area contributed by atoms with Crippen LogP contribution in [0.25, 0.3) is 0 Å². The van der Waals surface area contributed by atoms with Crippen molar-refractivity contribution in [3.8, 4) is 0 Å². The lowest BCUT2D eigenvalue weighted by Gasteiger charge is -2.35. The molecule has 27 heavy (non-hydrogen) atoms. The number of hydrazine groups is 1. The minimum atomic E-state index is 0.0697. The topological polar surface area (TPSA) is 38.8 Å². The Balaban J connectivity index is 1.50. The highest BCUT2D eigenvalue weighted by Crippen LogP contribution is 2.37. The van der Waals surface area contributed by atoms with E-state index in [2.05, 4.69) is 51.6 Å². The first-order valence-electron chi connectivity index (χ1n) is 9.95. The summed E-state index contributed by atoms with van der Waals surface area (Å²) in [5, 5.41) is 7.56. The van der Waals surface area contributed by atoms with Gasteiger partial charge in [0.25, 0.3) is 0 Å². The molecule has 4 rings (SSSR count). The van der Waals surface area contributed by atoms with Gasteiger partial charge in [-0.1, -0.05) is 48.5 Å². The number of anilines is 1. The SMILES string of the molecule is O=C1CC(c2ccccc2)N(c2ccccc2)N1CCCN1CCNCC1. The van der Waals surface area contributed by atoms with E-state index in [0.717, 1.165) is 51.4 Å². The van der Waals surface area contributed by atoms with Gasteiger partial charge in [0.15, 0.2) is 0 Å². The summed E-state index contributed by atoms with van der Waals surface area (Å²) in [5.41, 5.74) is 2.28. The minimum absolute atomic E-state index is 0.0697. The smallest absolute Gasteiger partial charge is 0.243 e. The fourth-order valence-corrected chi connectivity index (χ4v) is 4.09. The highest BCUT2D eigenvalue weighted by atomic mass is 16.2. The van der Waals surface area contributed by atoms with Gasteiger partial charge < -0.3 is 10.2 Å². The minimum Gasteiger partial charge on any atom is -0.314 e. The Kier molecular flexibility index (Phi) is 5.70. The number of nitrogens with one attached hydrogen (secondary N) is 1. The van der Waals surface area contributed by atoms with Crippen molar-refractivity contribution in [3.63, 3.8) is 0 Å². The highest BCUT2D eigenvalue weighted by Gasteiger charge is 2.38. The van der Waals surface area contributed by atoms with Crippen LogP contribution >= 0.6 is 0 Å². The molecule has 0 aromatic heterocycles. The molecule has 2 aliphatic rings. The molecule has 142 valence electrons. The number of carbonyl (C=O) groups is 1. The molecule has 2 aliphatic heterocycles. The number of amides is 1. The summed E-state index contributed by atoms with van der Waals surface area (Å²) >= 11 is 0. The molecule has 5 heteroatoms. The van der Waals surface area contributed by atoms with E-state index in [1.165, 1.54) is 5.56 Å². The van der Waals surface area contributed by atoms with E-state index in [1.54, 1.807) is 0 Å². The van der Waals surface area contributed by atoms with E-state index in [9.17, 15) is 4.79 Å². The zero-order valence-electron chi connectivity index (χ0n) is 15.8. The van der Waals surface area contributed by atoms with Gasteiger partial charge in [0.2, 0.25) is 5.91 Å². The van der Waals surface area contributed by atoms with Gasteiger partial charge in [-0.3, -0.25) is 14.8 Å². The van der Waals surface area contributed by atoms with Crippen LogP contribution in [-0.2, 0) is 4.79 Å². The van der Waals surface area contributed by atoms with Crippen LogP contribution in [0.5, 0.6) is 0 Å². The van der Waals surface area contributed by atoms with Gasteiger partial charge in [0.05, 0.1) is 18.2 Å². The van der Waals surface area contributed by atoms with Gasteiger partial charge in [-0.25, -0.2) is 0 Å². The average molecular weight is 364 g/mol. The maximum Gasteiger partial charge on any atom is 0.243 e. The number of nitrogens with zero attached hydrogens (tertiary/aromatic N) is 3. The number of para-hydroxylation sites is 1. The first kappa shape index (κ1) is 18.0. The summed E-state index contributed by atoms with van der Waals surface area (Å²) in [7, 11) is 0.